The van der Waals surface area contributed by atoms with Crippen LogP contribution in [-0.2, 0) is 22.3 Å². The molecular formula is C28H37F3N4O4. The smallest absolute Gasteiger partial charge is 0.391 e. The number of nitrogens with zero attached hydrogens (tertiary/aromatic N) is 1. The summed E-state index contributed by atoms with van der Waals surface area (Å²) >= 11 is 0. The highest BCUT2D eigenvalue weighted by Crippen LogP contribution is 2.32. The number of hydrogen-bond acceptors (Lipinski definition) is 5. The van der Waals surface area contributed by atoms with Crippen molar-refractivity contribution in [3.05, 3.63) is 64.2 Å². The molecule has 3 amide bonds. The second kappa shape index (κ2) is 14.1. The van der Waals surface area contributed by atoms with Gasteiger partial charge in [-0.05, 0) is 49.6 Å². The zero-order valence-corrected chi connectivity index (χ0v) is 22.9. The second-order valence-corrected chi connectivity index (χ2v) is 9.81. The van der Waals surface area contributed by atoms with Crippen molar-refractivity contribution >= 4 is 23.4 Å². The molecule has 0 spiro atoms. The summed E-state index contributed by atoms with van der Waals surface area (Å²) in [6.45, 7) is 6.65. The van der Waals surface area contributed by atoms with Gasteiger partial charge < -0.3 is 26.0 Å². The van der Waals surface area contributed by atoms with E-state index in [9.17, 15) is 32.7 Å². The summed E-state index contributed by atoms with van der Waals surface area (Å²) in [6, 6.07) is 7.90. The molecule has 0 fully saturated rings. The fraction of sp³-hybridized carbons (Fsp3) is 0.464. The molecule has 0 aliphatic carbocycles. The lowest BCUT2D eigenvalue weighted by Gasteiger charge is -2.24. The number of hydrogen-bond donors (Lipinski definition) is 4. The third-order valence-corrected chi connectivity index (χ3v) is 6.09. The number of aliphatic hydroxyl groups is 1. The first-order chi connectivity index (χ1) is 18.2. The molecule has 0 aromatic heterocycles. The van der Waals surface area contributed by atoms with Crippen molar-refractivity contribution in [3.63, 3.8) is 0 Å². The highest BCUT2D eigenvalue weighted by molar-refractivity contribution is 6.04. The zero-order valence-electron chi connectivity index (χ0n) is 22.9. The summed E-state index contributed by atoms with van der Waals surface area (Å²) in [5.74, 6) is -2.23. The van der Waals surface area contributed by atoms with Crippen LogP contribution in [0.25, 0.3) is 0 Å². The van der Waals surface area contributed by atoms with Crippen molar-refractivity contribution in [1.29, 1.82) is 0 Å². The number of benzene rings is 2. The summed E-state index contributed by atoms with van der Waals surface area (Å²) in [6.07, 6.45) is -5.19. The molecule has 0 saturated carbocycles. The molecule has 2 aromatic rings. The van der Waals surface area contributed by atoms with Gasteiger partial charge in [-0.2, -0.15) is 13.2 Å². The van der Waals surface area contributed by atoms with E-state index in [4.69, 9.17) is 0 Å². The van der Waals surface area contributed by atoms with Gasteiger partial charge in [-0.15, -0.1) is 0 Å². The van der Waals surface area contributed by atoms with Crippen LogP contribution in [0.2, 0.25) is 0 Å². The van der Waals surface area contributed by atoms with Crippen LogP contribution in [0.1, 0.15) is 58.8 Å². The Morgan fingerprint density at radius 3 is 2.31 bits per heavy atom. The molecule has 0 bridgehead atoms. The predicted molar refractivity (Wildman–Crippen MR) is 143 cm³/mol. The van der Waals surface area contributed by atoms with Gasteiger partial charge in [0.15, 0.2) is 0 Å². The Kier molecular flexibility index (Phi) is 11.5. The second-order valence-electron chi connectivity index (χ2n) is 9.81. The Bertz CT molecular complexity index is 1170. The average molecular weight is 551 g/mol. The minimum Gasteiger partial charge on any atom is -0.391 e. The molecular weight excluding hydrogens is 513 g/mol. The molecule has 11 heteroatoms. The predicted octanol–water partition coefficient (Wildman–Crippen LogP) is 3.79. The van der Waals surface area contributed by atoms with Crippen LogP contribution in [0.5, 0.6) is 0 Å². The first-order valence-electron chi connectivity index (χ1n) is 12.7. The molecule has 2 rings (SSSR count). The maximum absolute atomic E-state index is 13.4. The third kappa shape index (κ3) is 9.99. The van der Waals surface area contributed by atoms with E-state index >= 15 is 0 Å². The number of carbonyl (C=O) groups excluding carboxylic acids is 3. The summed E-state index contributed by atoms with van der Waals surface area (Å²) in [7, 11) is 2.79. The van der Waals surface area contributed by atoms with E-state index in [1.54, 1.807) is 0 Å². The average Bonchev–Trinajstić information content (AvgIpc) is 2.83. The number of carbonyl (C=O) groups is 3. The van der Waals surface area contributed by atoms with Crippen molar-refractivity contribution in [3.8, 4) is 0 Å². The maximum atomic E-state index is 13.4. The Morgan fingerprint density at radius 1 is 1.03 bits per heavy atom. The van der Waals surface area contributed by atoms with Gasteiger partial charge in [0, 0.05) is 38.4 Å². The summed E-state index contributed by atoms with van der Waals surface area (Å²) in [5.41, 5.74) is 1.70. The highest BCUT2D eigenvalue weighted by Gasteiger charge is 2.32. The zero-order chi connectivity index (χ0) is 29.3. The SMILES string of the molecule is CCC[C@H](O)[C@H](CNCc1ccc(C)cc1C)NC(=O)CC(=O)Nc1cc(C(=O)N(C)C)cc(C(F)(F)F)c1. The van der Waals surface area contributed by atoms with Gasteiger partial charge >= 0.3 is 6.18 Å². The number of anilines is 1. The Hall–Kier alpha value is -3.44. The number of nitrogens with one attached hydrogen (secondary N) is 3. The number of amides is 3. The lowest BCUT2D eigenvalue weighted by molar-refractivity contribution is -0.137. The van der Waals surface area contributed by atoms with Crippen LogP contribution in [0.4, 0.5) is 18.9 Å². The lowest BCUT2D eigenvalue weighted by atomic mass is 10.0. The van der Waals surface area contributed by atoms with E-state index in [0.29, 0.717) is 31.5 Å². The Labute approximate surface area is 227 Å². The van der Waals surface area contributed by atoms with Crippen molar-refractivity contribution < 1.29 is 32.7 Å². The molecule has 2 aromatic carbocycles. The minimum atomic E-state index is -4.74. The van der Waals surface area contributed by atoms with Gasteiger partial charge in [0.25, 0.3) is 5.91 Å². The van der Waals surface area contributed by atoms with Gasteiger partial charge in [0.2, 0.25) is 11.8 Å². The normalized spacial score (nSPS) is 12.9. The van der Waals surface area contributed by atoms with Crippen LogP contribution in [0, 0.1) is 13.8 Å². The molecule has 0 saturated heterocycles. The van der Waals surface area contributed by atoms with Crippen molar-refractivity contribution in [2.75, 3.05) is 26.0 Å². The molecule has 8 nitrogen and oxygen atoms in total. The molecule has 214 valence electrons. The largest absolute Gasteiger partial charge is 0.416 e. The van der Waals surface area contributed by atoms with E-state index in [0.717, 1.165) is 27.7 Å². The minimum absolute atomic E-state index is 0.242. The lowest BCUT2D eigenvalue weighted by Crippen LogP contribution is -2.49. The molecule has 39 heavy (non-hydrogen) atoms. The first-order valence-corrected chi connectivity index (χ1v) is 12.7. The molecule has 2 atom stereocenters. The topological polar surface area (TPSA) is 111 Å². The van der Waals surface area contributed by atoms with Gasteiger partial charge in [-0.1, -0.05) is 37.1 Å². The highest BCUT2D eigenvalue weighted by atomic mass is 19.4. The molecule has 0 heterocycles. The molecule has 0 unspecified atom stereocenters. The first kappa shape index (κ1) is 31.8. The van der Waals surface area contributed by atoms with Crippen molar-refractivity contribution in [1.82, 2.24) is 15.5 Å². The third-order valence-electron chi connectivity index (χ3n) is 6.09. The summed E-state index contributed by atoms with van der Waals surface area (Å²) < 4.78 is 40.1. The summed E-state index contributed by atoms with van der Waals surface area (Å²) in [5, 5.41) is 18.7. The molecule has 0 aliphatic heterocycles. The Balaban J connectivity index is 2.06. The van der Waals surface area contributed by atoms with Gasteiger partial charge in [-0.3, -0.25) is 14.4 Å². The van der Waals surface area contributed by atoms with Crippen LogP contribution in [0.15, 0.2) is 36.4 Å². The Morgan fingerprint density at radius 2 is 1.72 bits per heavy atom. The fourth-order valence-corrected chi connectivity index (χ4v) is 4.04. The number of alkyl halides is 3. The van der Waals surface area contributed by atoms with Crippen molar-refractivity contribution in [2.45, 2.75) is 64.9 Å². The van der Waals surface area contributed by atoms with E-state index < -0.39 is 48.0 Å². The summed E-state index contributed by atoms with van der Waals surface area (Å²) in [4.78, 5) is 38.5. The van der Waals surface area contributed by atoms with Crippen LogP contribution in [0.3, 0.4) is 0 Å². The fourth-order valence-electron chi connectivity index (χ4n) is 4.04. The van der Waals surface area contributed by atoms with Crippen LogP contribution >= 0.6 is 0 Å². The number of rotatable bonds is 12. The van der Waals surface area contributed by atoms with E-state index in [-0.39, 0.29) is 17.8 Å². The van der Waals surface area contributed by atoms with Crippen LogP contribution in [-0.4, -0.2) is 60.5 Å². The van der Waals surface area contributed by atoms with Gasteiger partial charge in [0.1, 0.15) is 6.42 Å². The number of aryl methyl sites for hydroxylation is 2. The molecule has 0 aliphatic rings. The maximum Gasteiger partial charge on any atom is 0.416 e. The number of halogens is 3. The van der Waals surface area contributed by atoms with E-state index in [1.807, 2.05) is 32.9 Å². The van der Waals surface area contributed by atoms with E-state index in [1.165, 1.54) is 14.1 Å². The molecule has 4 N–H and O–H groups in total. The van der Waals surface area contributed by atoms with Crippen molar-refractivity contribution in [2.24, 2.45) is 0 Å². The van der Waals surface area contributed by atoms with Crippen LogP contribution < -0.4 is 16.0 Å². The molecule has 0 radical (unpaired) electrons. The van der Waals surface area contributed by atoms with Gasteiger partial charge in [-0.25, -0.2) is 0 Å². The van der Waals surface area contributed by atoms with Gasteiger partial charge in [0.05, 0.1) is 17.7 Å². The quantitative estimate of drug-likeness (QED) is 0.301. The van der Waals surface area contributed by atoms with E-state index in [2.05, 4.69) is 22.0 Å². The number of aliphatic hydroxyl groups excluding tert-OH is 1. The standard InChI is InChI=1S/C28H37F3N4O4/c1-6-7-24(36)23(16-32-15-19-9-8-17(2)10-18(19)3)34-26(38)14-25(37)33-22-12-20(27(39)35(4)5)11-21(13-22)28(29,30)31/h8-13,23-24,32,36H,6-7,14-16H2,1-5H3,(H,33,37)(H,34,38)/t23-,24-/m0/s1. The monoisotopic (exact) mass is 550 g/mol.